The van der Waals surface area contributed by atoms with Gasteiger partial charge in [-0.05, 0) is 0 Å². The van der Waals surface area contributed by atoms with Crippen LogP contribution in [-0.4, -0.2) is 39.3 Å². The van der Waals surface area contributed by atoms with Gasteiger partial charge in [0.25, 0.3) is 0 Å². The van der Waals surface area contributed by atoms with Gasteiger partial charge in [0.05, 0.1) is 0 Å². The smallest absolute Gasteiger partial charge is 0.00750 e. The van der Waals surface area contributed by atoms with Gasteiger partial charge in [-0.3, -0.25) is 0 Å². The molecule has 0 bridgehead atoms. The molecule has 70 valence electrons. The van der Waals surface area contributed by atoms with Crippen molar-refractivity contribution in [3.8, 4) is 0 Å². The van der Waals surface area contributed by atoms with Crippen LogP contribution in [0.15, 0.2) is 0 Å². The summed E-state index contributed by atoms with van der Waals surface area (Å²) in [7, 11) is 0. The van der Waals surface area contributed by atoms with Crippen molar-refractivity contribution in [1.82, 2.24) is 5.32 Å². The molecule has 0 aliphatic carbocycles. The van der Waals surface area contributed by atoms with Crippen LogP contribution in [0.1, 0.15) is 0 Å². The van der Waals surface area contributed by atoms with Gasteiger partial charge in [0.2, 0.25) is 0 Å². The molecule has 11 heavy (non-hydrogen) atoms. The van der Waals surface area contributed by atoms with Crippen LogP contribution in [0.5, 0.6) is 0 Å². The number of nitrogens with two attached hydrogens (primary N) is 4. The lowest BCUT2D eigenvalue weighted by molar-refractivity contribution is 0.696. The van der Waals surface area contributed by atoms with E-state index in [9.17, 15) is 0 Å². The molecule has 0 heterocycles. The number of nitrogens with one attached hydrogen (secondary N) is 1. The Hall–Kier alpha value is -0.200. The second-order valence-electron chi connectivity index (χ2n) is 1.90. The lowest BCUT2D eigenvalue weighted by Gasteiger charge is -1.95. The second-order valence-corrected chi connectivity index (χ2v) is 1.90. The standard InChI is InChI=1S/C4H13N3.C2H8N2/c5-1-3-7-4-2-6;3-1-2-4/h7H,1-6H2;1-4H2. The summed E-state index contributed by atoms with van der Waals surface area (Å²) in [6, 6.07) is 0. The fraction of sp³-hybridized carbons (Fsp3) is 1.00. The maximum Gasteiger partial charge on any atom is 0.00750 e. The Morgan fingerprint density at radius 1 is 0.636 bits per heavy atom. The fourth-order valence-electron chi connectivity index (χ4n) is 0.329. The molecule has 0 amide bonds. The van der Waals surface area contributed by atoms with E-state index in [2.05, 4.69) is 5.32 Å². The zero-order chi connectivity index (χ0) is 8.95. The quantitative estimate of drug-likeness (QED) is 0.285. The Labute approximate surface area is 68.5 Å². The van der Waals surface area contributed by atoms with E-state index in [1.807, 2.05) is 0 Å². The molecule has 0 aromatic heterocycles. The highest BCUT2D eigenvalue weighted by Gasteiger charge is 1.76. The first-order valence-corrected chi connectivity index (χ1v) is 3.84. The van der Waals surface area contributed by atoms with E-state index in [1.54, 1.807) is 0 Å². The van der Waals surface area contributed by atoms with E-state index in [0.717, 1.165) is 13.1 Å². The summed E-state index contributed by atoms with van der Waals surface area (Å²) in [6.07, 6.45) is 0. The van der Waals surface area contributed by atoms with Crippen LogP contribution >= 0.6 is 0 Å². The first kappa shape index (κ1) is 13.4. The van der Waals surface area contributed by atoms with Crippen molar-refractivity contribution in [2.24, 2.45) is 22.9 Å². The van der Waals surface area contributed by atoms with Gasteiger partial charge in [-0.2, -0.15) is 0 Å². The molecule has 0 atom stereocenters. The molecule has 0 aliphatic heterocycles. The molecule has 0 spiro atoms. The molecule has 0 unspecified atom stereocenters. The number of hydrogen-bond acceptors (Lipinski definition) is 5. The van der Waals surface area contributed by atoms with Gasteiger partial charge in [-0.15, -0.1) is 0 Å². The van der Waals surface area contributed by atoms with E-state index in [4.69, 9.17) is 22.9 Å². The highest BCUT2D eigenvalue weighted by molar-refractivity contribution is 4.45. The minimum Gasteiger partial charge on any atom is -0.329 e. The molecule has 0 aromatic carbocycles. The predicted octanol–water partition coefficient (Wildman–Crippen LogP) is -2.60. The third-order valence-electron chi connectivity index (χ3n) is 0.809. The van der Waals surface area contributed by atoms with Crippen molar-refractivity contribution in [2.45, 2.75) is 0 Å². The Morgan fingerprint density at radius 2 is 1.00 bits per heavy atom. The number of rotatable bonds is 5. The first-order valence-electron chi connectivity index (χ1n) is 3.84. The molecule has 0 saturated carbocycles. The summed E-state index contributed by atoms with van der Waals surface area (Å²) < 4.78 is 0. The van der Waals surface area contributed by atoms with E-state index in [1.165, 1.54) is 0 Å². The highest BCUT2D eigenvalue weighted by atomic mass is 14.9. The van der Waals surface area contributed by atoms with Crippen LogP contribution < -0.4 is 28.3 Å². The van der Waals surface area contributed by atoms with Crippen LogP contribution in [0.4, 0.5) is 0 Å². The Balaban J connectivity index is 0. The van der Waals surface area contributed by atoms with Crippen molar-refractivity contribution in [3.63, 3.8) is 0 Å². The lowest BCUT2D eigenvalue weighted by atomic mass is 10.6. The zero-order valence-electron chi connectivity index (χ0n) is 7.05. The SMILES string of the molecule is NCCN.NCCNCCN. The molecule has 9 N–H and O–H groups in total. The second kappa shape index (κ2) is 16.4. The Bertz CT molecular complexity index is 44.2. The van der Waals surface area contributed by atoms with Crippen LogP contribution in [0.3, 0.4) is 0 Å². The minimum absolute atomic E-state index is 0.597. The molecule has 5 nitrogen and oxygen atoms in total. The third kappa shape index (κ3) is 25.9. The molecular formula is C6H21N5. The van der Waals surface area contributed by atoms with Crippen molar-refractivity contribution in [3.05, 3.63) is 0 Å². The fourth-order valence-corrected chi connectivity index (χ4v) is 0.329. The first-order chi connectivity index (χ1) is 5.33. The maximum absolute atomic E-state index is 5.17. The summed E-state index contributed by atoms with van der Waals surface area (Å²) in [5.41, 5.74) is 20.1. The van der Waals surface area contributed by atoms with Gasteiger partial charge in [0, 0.05) is 39.3 Å². The summed E-state index contributed by atoms with van der Waals surface area (Å²) >= 11 is 0. The Morgan fingerprint density at radius 3 is 1.18 bits per heavy atom. The normalized spacial score (nSPS) is 8.73. The summed E-state index contributed by atoms with van der Waals surface area (Å²) in [5.74, 6) is 0. The van der Waals surface area contributed by atoms with Gasteiger partial charge in [-0.1, -0.05) is 0 Å². The largest absolute Gasteiger partial charge is 0.329 e. The van der Waals surface area contributed by atoms with Gasteiger partial charge in [0.15, 0.2) is 0 Å². The Kier molecular flexibility index (Phi) is 20.0. The summed E-state index contributed by atoms with van der Waals surface area (Å²) in [4.78, 5) is 0. The topological polar surface area (TPSA) is 116 Å². The van der Waals surface area contributed by atoms with Gasteiger partial charge >= 0.3 is 0 Å². The highest BCUT2D eigenvalue weighted by Crippen LogP contribution is 1.49. The van der Waals surface area contributed by atoms with Crippen LogP contribution in [0.25, 0.3) is 0 Å². The van der Waals surface area contributed by atoms with Crippen molar-refractivity contribution in [1.29, 1.82) is 0 Å². The predicted molar refractivity (Wildman–Crippen MR) is 49.1 cm³/mol. The van der Waals surface area contributed by atoms with Crippen LogP contribution in [0.2, 0.25) is 0 Å². The van der Waals surface area contributed by atoms with Crippen LogP contribution in [-0.2, 0) is 0 Å². The van der Waals surface area contributed by atoms with E-state index >= 15 is 0 Å². The third-order valence-corrected chi connectivity index (χ3v) is 0.809. The van der Waals surface area contributed by atoms with Crippen molar-refractivity contribution < 1.29 is 0 Å². The molecule has 0 fully saturated rings. The zero-order valence-corrected chi connectivity index (χ0v) is 7.05. The molecule has 5 heteroatoms. The molecule has 0 aromatic rings. The van der Waals surface area contributed by atoms with Gasteiger partial charge in [0.1, 0.15) is 0 Å². The molecular weight excluding hydrogens is 142 g/mol. The van der Waals surface area contributed by atoms with E-state index < -0.39 is 0 Å². The summed E-state index contributed by atoms with van der Waals surface area (Å²) in [5, 5.41) is 3.03. The monoisotopic (exact) mass is 163 g/mol. The summed E-state index contributed by atoms with van der Waals surface area (Å²) in [6.45, 7) is 4.33. The molecule has 0 radical (unpaired) electrons. The van der Waals surface area contributed by atoms with Crippen molar-refractivity contribution >= 4 is 0 Å². The molecule has 0 rings (SSSR count). The van der Waals surface area contributed by atoms with Gasteiger partial charge in [-0.25, -0.2) is 0 Å². The minimum atomic E-state index is 0.597. The van der Waals surface area contributed by atoms with E-state index in [-0.39, 0.29) is 0 Å². The molecule has 0 aliphatic rings. The average Bonchev–Trinajstić information content (AvgIpc) is 2.06. The number of hydrogen-bond donors (Lipinski definition) is 5. The molecule has 0 saturated heterocycles. The van der Waals surface area contributed by atoms with Crippen molar-refractivity contribution in [2.75, 3.05) is 39.3 Å². The van der Waals surface area contributed by atoms with E-state index in [0.29, 0.717) is 26.2 Å². The lowest BCUT2D eigenvalue weighted by Crippen LogP contribution is -2.27. The van der Waals surface area contributed by atoms with Gasteiger partial charge < -0.3 is 28.3 Å². The van der Waals surface area contributed by atoms with Crippen LogP contribution in [0, 0.1) is 0 Å². The maximum atomic E-state index is 5.17. The average molecular weight is 163 g/mol.